The first-order valence-electron chi connectivity index (χ1n) is 13.3. The van der Waals surface area contributed by atoms with Crippen LogP contribution in [0.5, 0.6) is 0 Å². The summed E-state index contributed by atoms with van der Waals surface area (Å²) >= 11 is 8.01. The van der Waals surface area contributed by atoms with E-state index in [0.29, 0.717) is 41.4 Å². The van der Waals surface area contributed by atoms with Crippen molar-refractivity contribution >= 4 is 47.0 Å². The summed E-state index contributed by atoms with van der Waals surface area (Å²) in [6, 6.07) is 11.2. The smallest absolute Gasteiger partial charge is 0.408 e. The maximum atomic E-state index is 14.2. The van der Waals surface area contributed by atoms with E-state index in [1.54, 1.807) is 43.5 Å². The van der Waals surface area contributed by atoms with E-state index in [1.807, 2.05) is 63.4 Å². The number of aryl methyl sites for hydroxylation is 2. The number of thioether (sulfide) groups is 1. The molecule has 2 N–H and O–H groups in total. The number of carbonyl (C=O) groups excluding carboxylic acids is 3. The van der Waals surface area contributed by atoms with Gasteiger partial charge in [0, 0.05) is 6.54 Å². The van der Waals surface area contributed by atoms with E-state index in [4.69, 9.17) is 16.3 Å². The number of unbranched alkanes of at least 4 members (excludes halogenated alkanes) is 1. The molecular formula is C30H42ClN3O4S. The number of anilines is 1. The monoisotopic (exact) mass is 575 g/mol. The average molecular weight is 576 g/mol. The lowest BCUT2D eigenvalue weighted by atomic mass is 9.99. The molecule has 0 fully saturated rings. The van der Waals surface area contributed by atoms with Crippen molar-refractivity contribution in [1.29, 1.82) is 0 Å². The lowest BCUT2D eigenvalue weighted by molar-refractivity contribution is -0.141. The van der Waals surface area contributed by atoms with Crippen LogP contribution in [0, 0.1) is 13.8 Å². The highest BCUT2D eigenvalue weighted by Gasteiger charge is 2.36. The zero-order valence-electron chi connectivity index (χ0n) is 24.1. The Kier molecular flexibility index (Phi) is 12.6. The number of benzene rings is 2. The van der Waals surface area contributed by atoms with Gasteiger partial charge in [0.15, 0.2) is 0 Å². The van der Waals surface area contributed by atoms with Crippen LogP contribution in [0.3, 0.4) is 0 Å². The topological polar surface area (TPSA) is 87.7 Å². The molecule has 2 aromatic carbocycles. The van der Waals surface area contributed by atoms with E-state index in [0.717, 1.165) is 17.5 Å². The summed E-state index contributed by atoms with van der Waals surface area (Å²) in [5, 5.41) is 6.17. The number of nitrogens with zero attached hydrogens (tertiary/aromatic N) is 1. The Labute approximate surface area is 242 Å². The molecule has 2 rings (SSSR count). The van der Waals surface area contributed by atoms with Crippen molar-refractivity contribution in [2.75, 3.05) is 23.9 Å². The van der Waals surface area contributed by atoms with Crippen LogP contribution in [0.25, 0.3) is 0 Å². The van der Waals surface area contributed by atoms with Crippen molar-refractivity contribution in [2.24, 2.45) is 0 Å². The maximum Gasteiger partial charge on any atom is 0.408 e. The zero-order chi connectivity index (χ0) is 29.2. The van der Waals surface area contributed by atoms with Gasteiger partial charge in [0.25, 0.3) is 5.91 Å². The molecule has 39 heavy (non-hydrogen) atoms. The minimum Gasteiger partial charge on any atom is -0.444 e. The molecule has 2 unspecified atom stereocenters. The SMILES string of the molecule is CCCCN(C(=O)C(CCSC)NC(=O)OC(C)(C)C)C(C(=O)Nc1c(C)cccc1Cl)c1cccc(C)c1. The molecule has 0 heterocycles. The average Bonchev–Trinajstić information content (AvgIpc) is 2.85. The molecule has 3 amide bonds. The second-order valence-electron chi connectivity index (χ2n) is 10.6. The van der Waals surface area contributed by atoms with Crippen molar-refractivity contribution in [3.05, 3.63) is 64.2 Å². The van der Waals surface area contributed by atoms with Gasteiger partial charge >= 0.3 is 6.09 Å². The van der Waals surface area contributed by atoms with Gasteiger partial charge in [-0.25, -0.2) is 4.79 Å². The van der Waals surface area contributed by atoms with Crippen LogP contribution in [0.2, 0.25) is 5.02 Å². The number of hydrogen-bond acceptors (Lipinski definition) is 5. The number of ether oxygens (including phenoxy) is 1. The van der Waals surface area contributed by atoms with E-state index >= 15 is 0 Å². The van der Waals surface area contributed by atoms with E-state index < -0.39 is 23.8 Å². The molecule has 0 spiro atoms. The van der Waals surface area contributed by atoms with E-state index in [1.165, 1.54) is 0 Å². The molecule has 0 aliphatic heterocycles. The molecule has 0 aromatic heterocycles. The number of alkyl carbamates (subject to hydrolysis) is 1. The van der Waals surface area contributed by atoms with Gasteiger partial charge in [-0.3, -0.25) is 9.59 Å². The highest BCUT2D eigenvalue weighted by Crippen LogP contribution is 2.30. The molecule has 0 saturated carbocycles. The zero-order valence-corrected chi connectivity index (χ0v) is 25.7. The highest BCUT2D eigenvalue weighted by atomic mass is 35.5. The summed E-state index contributed by atoms with van der Waals surface area (Å²) in [6.45, 7) is 11.5. The molecule has 0 saturated heterocycles. The molecule has 0 radical (unpaired) electrons. The Morgan fingerprint density at radius 1 is 1.10 bits per heavy atom. The summed E-state index contributed by atoms with van der Waals surface area (Å²) in [5.74, 6) is -0.0588. The Bertz CT molecular complexity index is 1120. The van der Waals surface area contributed by atoms with Crippen molar-refractivity contribution in [1.82, 2.24) is 10.2 Å². The van der Waals surface area contributed by atoms with Crippen LogP contribution < -0.4 is 10.6 Å². The lowest BCUT2D eigenvalue weighted by Gasteiger charge is -2.35. The van der Waals surface area contributed by atoms with E-state index in [9.17, 15) is 14.4 Å². The molecule has 214 valence electrons. The molecule has 2 atom stereocenters. The minimum atomic E-state index is -0.933. The molecule has 7 nitrogen and oxygen atoms in total. The maximum absolute atomic E-state index is 14.2. The van der Waals surface area contributed by atoms with Gasteiger partial charge in [-0.15, -0.1) is 0 Å². The van der Waals surface area contributed by atoms with Gasteiger partial charge in [0.1, 0.15) is 17.7 Å². The summed E-state index contributed by atoms with van der Waals surface area (Å²) in [4.78, 5) is 42.5. The largest absolute Gasteiger partial charge is 0.444 e. The van der Waals surface area contributed by atoms with Crippen LogP contribution in [0.4, 0.5) is 10.5 Å². The van der Waals surface area contributed by atoms with E-state index in [-0.39, 0.29) is 11.8 Å². The normalized spacial score (nSPS) is 12.8. The summed E-state index contributed by atoms with van der Waals surface area (Å²) < 4.78 is 5.45. The fourth-order valence-corrected chi connectivity index (χ4v) is 4.87. The number of rotatable bonds is 12. The van der Waals surface area contributed by atoms with Crippen LogP contribution in [0.1, 0.15) is 69.7 Å². The predicted octanol–water partition coefficient (Wildman–Crippen LogP) is 6.91. The van der Waals surface area contributed by atoms with Gasteiger partial charge in [0.2, 0.25) is 5.91 Å². The Hall–Kier alpha value is -2.71. The van der Waals surface area contributed by atoms with Crippen LogP contribution in [0.15, 0.2) is 42.5 Å². The second-order valence-corrected chi connectivity index (χ2v) is 12.0. The minimum absolute atomic E-state index is 0.333. The second kappa shape index (κ2) is 15.2. The Morgan fingerprint density at radius 2 is 1.79 bits per heavy atom. The molecule has 0 aliphatic rings. The Balaban J connectivity index is 2.55. The van der Waals surface area contributed by atoms with Crippen molar-refractivity contribution in [2.45, 2.75) is 78.5 Å². The lowest BCUT2D eigenvalue weighted by Crippen LogP contribution is -2.52. The molecule has 0 bridgehead atoms. The van der Waals surface area contributed by atoms with Gasteiger partial charge < -0.3 is 20.3 Å². The third-order valence-electron chi connectivity index (χ3n) is 6.02. The summed E-state index contributed by atoms with van der Waals surface area (Å²) in [6.07, 6.45) is 3.19. The molecular weight excluding hydrogens is 534 g/mol. The number of carbonyl (C=O) groups is 3. The summed E-state index contributed by atoms with van der Waals surface area (Å²) in [7, 11) is 0. The Morgan fingerprint density at radius 3 is 2.38 bits per heavy atom. The van der Waals surface area contributed by atoms with Gasteiger partial charge in [-0.2, -0.15) is 11.8 Å². The van der Waals surface area contributed by atoms with Gasteiger partial charge in [0.05, 0.1) is 10.7 Å². The fraction of sp³-hybridized carbons (Fsp3) is 0.500. The van der Waals surface area contributed by atoms with Crippen LogP contribution in [-0.4, -0.2) is 53.0 Å². The number of amides is 3. The number of para-hydroxylation sites is 1. The third-order valence-corrected chi connectivity index (χ3v) is 6.98. The molecule has 0 aliphatic carbocycles. The predicted molar refractivity (Wildman–Crippen MR) is 162 cm³/mol. The van der Waals surface area contributed by atoms with E-state index in [2.05, 4.69) is 10.6 Å². The van der Waals surface area contributed by atoms with Gasteiger partial charge in [-0.05, 0) is 76.7 Å². The third kappa shape index (κ3) is 10.1. The molecule has 9 heteroatoms. The first-order chi connectivity index (χ1) is 18.4. The quantitative estimate of drug-likeness (QED) is 0.287. The van der Waals surface area contributed by atoms with Crippen molar-refractivity contribution in [3.63, 3.8) is 0 Å². The first kappa shape index (κ1) is 32.5. The standard InChI is InChI=1S/C30H42ClN3O4S/c1-8-9-17-34(28(36)24(16-18-39-7)32-29(37)38-30(4,5)6)26(22-14-10-12-20(2)19-22)27(35)33-25-21(3)13-11-15-23(25)31/h10-15,19,24,26H,8-9,16-18H2,1-7H3,(H,32,37)(H,33,35). The van der Waals surface area contributed by atoms with Crippen molar-refractivity contribution < 1.29 is 19.1 Å². The number of halogens is 1. The van der Waals surface area contributed by atoms with Crippen molar-refractivity contribution in [3.8, 4) is 0 Å². The number of hydrogen-bond donors (Lipinski definition) is 2. The van der Waals surface area contributed by atoms with Crippen LogP contribution >= 0.6 is 23.4 Å². The number of nitrogens with one attached hydrogen (secondary N) is 2. The van der Waals surface area contributed by atoms with Gasteiger partial charge in [-0.1, -0.05) is 66.9 Å². The molecule has 2 aromatic rings. The first-order valence-corrected chi connectivity index (χ1v) is 15.1. The fourth-order valence-electron chi connectivity index (χ4n) is 4.13. The highest BCUT2D eigenvalue weighted by molar-refractivity contribution is 7.98. The summed E-state index contributed by atoms with van der Waals surface area (Å²) in [5.41, 5.74) is 2.26. The van der Waals surface area contributed by atoms with Crippen LogP contribution in [-0.2, 0) is 14.3 Å².